The summed E-state index contributed by atoms with van der Waals surface area (Å²) in [4.78, 5) is 26.7. The maximum atomic E-state index is 13.3. The predicted molar refractivity (Wildman–Crippen MR) is 113 cm³/mol. The van der Waals surface area contributed by atoms with E-state index >= 15 is 0 Å². The Morgan fingerprint density at radius 3 is 2.21 bits per heavy atom. The van der Waals surface area contributed by atoms with Gasteiger partial charge in [-0.15, -0.1) is 0 Å². The number of carbonyl (C=O) groups excluding carboxylic acids is 2. The predicted octanol–water partition coefficient (Wildman–Crippen LogP) is 3.77. The van der Waals surface area contributed by atoms with E-state index < -0.39 is 5.41 Å². The number of halogens is 1. The summed E-state index contributed by atoms with van der Waals surface area (Å²) in [5.74, 6) is 0.0309. The molecule has 0 aliphatic carbocycles. The molecule has 1 fully saturated rings. The van der Waals surface area contributed by atoms with Crippen molar-refractivity contribution in [2.24, 2.45) is 0 Å². The Labute approximate surface area is 174 Å². The summed E-state index contributed by atoms with van der Waals surface area (Å²) < 4.78 is 6.50. The first-order valence-corrected chi connectivity index (χ1v) is 10.1. The van der Waals surface area contributed by atoms with Crippen molar-refractivity contribution < 1.29 is 14.3 Å². The molecule has 0 atom stereocenters. The van der Waals surface area contributed by atoms with Crippen LogP contribution in [0.3, 0.4) is 0 Å². The van der Waals surface area contributed by atoms with E-state index in [9.17, 15) is 9.59 Å². The number of amides is 2. The third-order valence-corrected chi connectivity index (χ3v) is 5.77. The molecule has 2 aromatic rings. The van der Waals surface area contributed by atoms with Crippen molar-refractivity contribution in [3.8, 4) is 0 Å². The Hall–Kier alpha value is -2.18. The van der Waals surface area contributed by atoms with Crippen molar-refractivity contribution in [3.63, 3.8) is 0 Å². The van der Waals surface area contributed by atoms with Crippen LogP contribution in [0.4, 0.5) is 5.69 Å². The summed E-state index contributed by atoms with van der Waals surface area (Å²) >= 11 is 3.46. The topological polar surface area (TPSA) is 58.6 Å². The fourth-order valence-electron chi connectivity index (χ4n) is 3.43. The van der Waals surface area contributed by atoms with Gasteiger partial charge >= 0.3 is 0 Å². The van der Waals surface area contributed by atoms with Crippen molar-refractivity contribution in [1.82, 2.24) is 4.90 Å². The SMILES string of the molecule is CN(C)C(=O)Cc1ccc(NC(=O)C2(c3ccc(Br)cc3)CCOCC2)cc1. The van der Waals surface area contributed by atoms with Crippen LogP contribution in [0.15, 0.2) is 53.0 Å². The van der Waals surface area contributed by atoms with Crippen LogP contribution >= 0.6 is 15.9 Å². The second-order valence-electron chi connectivity index (χ2n) is 7.32. The number of hydrogen-bond acceptors (Lipinski definition) is 3. The van der Waals surface area contributed by atoms with Gasteiger partial charge in [-0.2, -0.15) is 0 Å². The highest BCUT2D eigenvalue weighted by Crippen LogP contribution is 2.36. The molecule has 3 rings (SSSR count). The lowest BCUT2D eigenvalue weighted by atomic mass is 9.73. The largest absolute Gasteiger partial charge is 0.381 e. The van der Waals surface area contributed by atoms with Gasteiger partial charge in [0.2, 0.25) is 11.8 Å². The zero-order valence-electron chi connectivity index (χ0n) is 16.2. The first-order chi connectivity index (χ1) is 13.4. The normalized spacial score (nSPS) is 15.7. The van der Waals surface area contributed by atoms with Crippen molar-refractivity contribution in [2.75, 3.05) is 32.6 Å². The monoisotopic (exact) mass is 444 g/mol. The Morgan fingerprint density at radius 1 is 1.04 bits per heavy atom. The lowest BCUT2D eigenvalue weighted by Gasteiger charge is -2.36. The van der Waals surface area contributed by atoms with Crippen molar-refractivity contribution in [2.45, 2.75) is 24.7 Å². The minimum absolute atomic E-state index is 0.0183. The fourth-order valence-corrected chi connectivity index (χ4v) is 3.69. The highest BCUT2D eigenvalue weighted by Gasteiger charge is 2.41. The number of likely N-dealkylation sites (N-methyl/N-ethyl adjacent to an activating group) is 1. The molecule has 2 aromatic carbocycles. The first kappa shape index (κ1) is 20.6. The summed E-state index contributed by atoms with van der Waals surface area (Å²) in [7, 11) is 3.48. The van der Waals surface area contributed by atoms with Gasteiger partial charge in [-0.3, -0.25) is 9.59 Å². The molecule has 148 valence electrons. The molecule has 1 saturated heterocycles. The molecule has 0 unspecified atom stereocenters. The molecule has 0 aromatic heterocycles. The second-order valence-corrected chi connectivity index (χ2v) is 8.23. The van der Waals surface area contributed by atoms with Gasteiger partial charge in [0.05, 0.1) is 11.8 Å². The van der Waals surface area contributed by atoms with Gasteiger partial charge in [0.15, 0.2) is 0 Å². The summed E-state index contributed by atoms with van der Waals surface area (Å²) in [6, 6.07) is 15.4. The van der Waals surface area contributed by atoms with Crippen LogP contribution in [0.5, 0.6) is 0 Å². The van der Waals surface area contributed by atoms with E-state index in [0.717, 1.165) is 21.3 Å². The Kier molecular flexibility index (Phi) is 6.52. The lowest BCUT2D eigenvalue weighted by Crippen LogP contribution is -2.44. The molecule has 0 bridgehead atoms. The Bertz CT molecular complexity index is 826. The Balaban J connectivity index is 1.77. The molecule has 0 saturated carbocycles. The number of anilines is 1. The summed E-state index contributed by atoms with van der Waals surface area (Å²) in [5, 5.41) is 3.07. The molecule has 2 amide bonds. The highest BCUT2D eigenvalue weighted by atomic mass is 79.9. The summed E-state index contributed by atoms with van der Waals surface area (Å²) in [6.45, 7) is 1.13. The number of nitrogens with zero attached hydrogens (tertiary/aromatic N) is 1. The second kappa shape index (κ2) is 8.88. The molecule has 0 spiro atoms. The van der Waals surface area contributed by atoms with E-state index in [-0.39, 0.29) is 11.8 Å². The van der Waals surface area contributed by atoms with Crippen molar-refractivity contribution in [1.29, 1.82) is 0 Å². The fraction of sp³-hybridized carbons (Fsp3) is 0.364. The number of nitrogens with one attached hydrogen (secondary N) is 1. The molecule has 1 aliphatic heterocycles. The third-order valence-electron chi connectivity index (χ3n) is 5.24. The van der Waals surface area contributed by atoms with Crippen LogP contribution in [-0.2, 0) is 26.2 Å². The number of carbonyl (C=O) groups is 2. The molecule has 1 N–H and O–H groups in total. The zero-order valence-corrected chi connectivity index (χ0v) is 17.8. The maximum Gasteiger partial charge on any atom is 0.235 e. The highest BCUT2D eigenvalue weighted by molar-refractivity contribution is 9.10. The number of hydrogen-bond donors (Lipinski definition) is 1. The van der Waals surface area contributed by atoms with Gasteiger partial charge in [0.1, 0.15) is 0 Å². The van der Waals surface area contributed by atoms with Crippen molar-refractivity contribution >= 4 is 33.4 Å². The average molecular weight is 445 g/mol. The van der Waals surface area contributed by atoms with E-state index in [1.807, 2.05) is 48.5 Å². The number of rotatable bonds is 5. The minimum atomic E-state index is -0.599. The first-order valence-electron chi connectivity index (χ1n) is 9.35. The summed E-state index contributed by atoms with van der Waals surface area (Å²) in [6.07, 6.45) is 1.65. The van der Waals surface area contributed by atoms with E-state index in [4.69, 9.17) is 4.74 Å². The average Bonchev–Trinajstić information content (AvgIpc) is 2.70. The van der Waals surface area contributed by atoms with Crippen molar-refractivity contribution in [3.05, 3.63) is 64.1 Å². The minimum Gasteiger partial charge on any atom is -0.381 e. The quantitative estimate of drug-likeness (QED) is 0.763. The van der Waals surface area contributed by atoms with Crippen LogP contribution in [0.2, 0.25) is 0 Å². The van der Waals surface area contributed by atoms with Crippen LogP contribution in [0.1, 0.15) is 24.0 Å². The molecule has 1 aliphatic rings. The molecule has 28 heavy (non-hydrogen) atoms. The maximum absolute atomic E-state index is 13.3. The lowest BCUT2D eigenvalue weighted by molar-refractivity contribution is -0.128. The summed E-state index contributed by atoms with van der Waals surface area (Å²) in [5.41, 5.74) is 2.06. The van der Waals surface area contributed by atoms with Gasteiger partial charge in [0.25, 0.3) is 0 Å². The Morgan fingerprint density at radius 2 is 1.64 bits per heavy atom. The number of ether oxygens (including phenoxy) is 1. The van der Waals surface area contributed by atoms with Crippen LogP contribution in [0.25, 0.3) is 0 Å². The van der Waals surface area contributed by atoms with Gasteiger partial charge < -0.3 is 15.0 Å². The standard InChI is InChI=1S/C22H25BrN2O3/c1-25(2)20(26)15-16-3-9-19(10-4-16)24-21(27)22(11-13-28-14-12-22)17-5-7-18(23)8-6-17/h3-10H,11-15H2,1-2H3,(H,24,27). The molecule has 5 nitrogen and oxygen atoms in total. The van der Waals surface area contributed by atoms with Crippen LogP contribution in [0, 0.1) is 0 Å². The molecule has 0 radical (unpaired) electrons. The van der Waals surface area contributed by atoms with Gasteiger partial charge in [-0.25, -0.2) is 0 Å². The van der Waals surface area contributed by atoms with E-state index in [2.05, 4.69) is 21.2 Å². The van der Waals surface area contributed by atoms with Gasteiger partial charge in [0, 0.05) is 37.5 Å². The third kappa shape index (κ3) is 4.62. The molecule has 6 heteroatoms. The zero-order chi connectivity index (χ0) is 20.1. The molecule has 1 heterocycles. The molecular weight excluding hydrogens is 420 g/mol. The molecular formula is C22H25BrN2O3. The smallest absolute Gasteiger partial charge is 0.235 e. The van der Waals surface area contributed by atoms with Crippen LogP contribution in [-0.4, -0.2) is 44.0 Å². The van der Waals surface area contributed by atoms with E-state index in [0.29, 0.717) is 32.5 Å². The van der Waals surface area contributed by atoms with E-state index in [1.54, 1.807) is 19.0 Å². The van der Waals surface area contributed by atoms with E-state index in [1.165, 1.54) is 0 Å². The van der Waals surface area contributed by atoms with Gasteiger partial charge in [-0.05, 0) is 48.2 Å². The van der Waals surface area contributed by atoms with Gasteiger partial charge in [-0.1, -0.05) is 40.2 Å². The number of benzene rings is 2. The van der Waals surface area contributed by atoms with Crippen LogP contribution < -0.4 is 5.32 Å².